The Morgan fingerprint density at radius 2 is 2.10 bits per heavy atom. The summed E-state index contributed by atoms with van der Waals surface area (Å²) < 4.78 is 6.60. The minimum Gasteiger partial charge on any atom is -0.389 e. The fourth-order valence-corrected chi connectivity index (χ4v) is 3.18. The van der Waals surface area contributed by atoms with Crippen molar-refractivity contribution in [2.75, 3.05) is 13.2 Å². The molecule has 0 bridgehead atoms. The molecule has 108 valence electrons. The third-order valence-corrected chi connectivity index (χ3v) is 4.42. The molecular weight excluding hydrogens is 338 g/mol. The van der Waals surface area contributed by atoms with E-state index in [9.17, 15) is 5.11 Å². The molecule has 5 heteroatoms. The van der Waals surface area contributed by atoms with Crippen molar-refractivity contribution in [3.63, 3.8) is 0 Å². The van der Waals surface area contributed by atoms with Crippen molar-refractivity contribution in [1.29, 1.82) is 0 Å². The molecule has 1 unspecified atom stereocenters. The number of aliphatic hydroxyl groups excluding tert-OH is 1. The molecule has 2 N–H and O–H groups in total. The van der Waals surface area contributed by atoms with Crippen LogP contribution in [0.25, 0.3) is 0 Å². The molecule has 1 aromatic heterocycles. The summed E-state index contributed by atoms with van der Waals surface area (Å²) in [6, 6.07) is 12.0. The Hall–Kier alpha value is -0.720. The van der Waals surface area contributed by atoms with Crippen molar-refractivity contribution >= 4 is 27.3 Å². The molecule has 2 rings (SSSR count). The highest BCUT2D eigenvalue weighted by Gasteiger charge is 2.05. The second-order valence-corrected chi connectivity index (χ2v) is 6.43. The molecule has 2 aromatic rings. The van der Waals surface area contributed by atoms with Crippen LogP contribution in [-0.2, 0) is 17.9 Å². The Bertz CT molecular complexity index is 504. The fraction of sp³-hybridized carbons (Fsp3) is 0.333. The molecule has 3 nitrogen and oxygen atoms in total. The van der Waals surface area contributed by atoms with Crippen LogP contribution in [0.4, 0.5) is 0 Å². The molecule has 0 saturated carbocycles. The van der Waals surface area contributed by atoms with E-state index in [1.165, 1.54) is 4.88 Å². The molecule has 20 heavy (non-hydrogen) atoms. The second kappa shape index (κ2) is 8.54. The van der Waals surface area contributed by atoms with Gasteiger partial charge in [-0.1, -0.05) is 30.3 Å². The number of hydrogen-bond acceptors (Lipinski definition) is 4. The van der Waals surface area contributed by atoms with Crippen LogP contribution in [0.1, 0.15) is 10.4 Å². The number of ether oxygens (including phenoxy) is 1. The van der Waals surface area contributed by atoms with E-state index < -0.39 is 6.10 Å². The lowest BCUT2D eigenvalue weighted by Crippen LogP contribution is -2.29. The molecule has 1 atom stereocenters. The lowest BCUT2D eigenvalue weighted by Gasteiger charge is -2.12. The predicted molar refractivity (Wildman–Crippen MR) is 85.8 cm³/mol. The van der Waals surface area contributed by atoms with Gasteiger partial charge in [-0.25, -0.2) is 0 Å². The van der Waals surface area contributed by atoms with Crippen molar-refractivity contribution in [2.24, 2.45) is 0 Å². The Balaban J connectivity index is 1.57. The Morgan fingerprint density at radius 1 is 1.30 bits per heavy atom. The first-order chi connectivity index (χ1) is 9.74. The van der Waals surface area contributed by atoms with Gasteiger partial charge in [0.15, 0.2) is 0 Å². The number of hydrogen-bond donors (Lipinski definition) is 2. The van der Waals surface area contributed by atoms with Crippen molar-refractivity contribution in [3.8, 4) is 0 Å². The molecule has 0 spiro atoms. The third-order valence-electron chi connectivity index (χ3n) is 2.72. The zero-order valence-corrected chi connectivity index (χ0v) is 13.5. The quantitative estimate of drug-likeness (QED) is 0.763. The molecule has 0 saturated heterocycles. The summed E-state index contributed by atoms with van der Waals surface area (Å²) in [5.41, 5.74) is 1.12. The van der Waals surface area contributed by atoms with E-state index in [0.717, 1.165) is 16.6 Å². The smallest absolute Gasteiger partial charge is 0.0897 e. The standard InChI is InChI=1S/C15H18BrNO2S/c16-13-6-15(20-11-13)8-17-7-14(18)10-19-9-12-4-2-1-3-5-12/h1-6,11,14,17-18H,7-10H2. The summed E-state index contributed by atoms with van der Waals surface area (Å²) >= 11 is 5.12. The maximum Gasteiger partial charge on any atom is 0.0897 e. The summed E-state index contributed by atoms with van der Waals surface area (Å²) in [7, 11) is 0. The second-order valence-electron chi connectivity index (χ2n) is 4.52. The van der Waals surface area contributed by atoms with Crippen LogP contribution in [0, 0.1) is 0 Å². The van der Waals surface area contributed by atoms with E-state index in [1.54, 1.807) is 11.3 Å². The first-order valence-corrected chi connectivity index (χ1v) is 8.14. The largest absolute Gasteiger partial charge is 0.389 e. The van der Waals surface area contributed by atoms with E-state index in [1.807, 2.05) is 30.3 Å². The lowest BCUT2D eigenvalue weighted by atomic mass is 10.2. The van der Waals surface area contributed by atoms with Crippen LogP contribution in [-0.4, -0.2) is 24.4 Å². The summed E-state index contributed by atoms with van der Waals surface area (Å²) in [4.78, 5) is 1.24. The summed E-state index contributed by atoms with van der Waals surface area (Å²) in [6.07, 6.45) is -0.484. The van der Waals surface area contributed by atoms with Crippen molar-refractivity contribution in [3.05, 3.63) is 56.7 Å². The fourth-order valence-electron chi connectivity index (χ4n) is 1.75. The van der Waals surface area contributed by atoms with E-state index in [2.05, 4.69) is 32.7 Å². The number of halogens is 1. The summed E-state index contributed by atoms with van der Waals surface area (Å²) in [6.45, 7) is 2.18. The van der Waals surface area contributed by atoms with Crippen molar-refractivity contribution < 1.29 is 9.84 Å². The SMILES string of the molecule is OC(CNCc1cc(Br)cs1)COCc1ccccc1. The van der Waals surface area contributed by atoms with Crippen LogP contribution in [0.15, 0.2) is 46.3 Å². The van der Waals surface area contributed by atoms with E-state index in [4.69, 9.17) is 4.74 Å². The number of aliphatic hydroxyl groups is 1. The van der Waals surface area contributed by atoms with Gasteiger partial charge in [0.2, 0.25) is 0 Å². The van der Waals surface area contributed by atoms with Crippen LogP contribution in [0.2, 0.25) is 0 Å². The van der Waals surface area contributed by atoms with Gasteiger partial charge in [-0.15, -0.1) is 11.3 Å². The molecule has 0 radical (unpaired) electrons. The van der Waals surface area contributed by atoms with Crippen LogP contribution < -0.4 is 5.32 Å². The van der Waals surface area contributed by atoms with Gasteiger partial charge in [-0.05, 0) is 27.6 Å². The first kappa shape index (κ1) is 15.7. The predicted octanol–water partition coefficient (Wildman–Crippen LogP) is 3.18. The Morgan fingerprint density at radius 3 is 2.80 bits per heavy atom. The minimum absolute atomic E-state index is 0.343. The number of thiophene rings is 1. The Labute approximate surface area is 131 Å². The normalized spacial score (nSPS) is 12.5. The average Bonchev–Trinajstić information content (AvgIpc) is 2.86. The molecular formula is C15H18BrNO2S. The zero-order chi connectivity index (χ0) is 14.2. The average molecular weight is 356 g/mol. The molecule has 1 aromatic carbocycles. The molecule has 1 heterocycles. The van der Waals surface area contributed by atoms with Gasteiger partial charge in [0.1, 0.15) is 0 Å². The monoisotopic (exact) mass is 355 g/mol. The molecule has 0 aliphatic carbocycles. The van der Waals surface area contributed by atoms with Crippen molar-refractivity contribution in [1.82, 2.24) is 5.32 Å². The van der Waals surface area contributed by atoms with Gasteiger partial charge in [-0.2, -0.15) is 0 Å². The van der Waals surface area contributed by atoms with E-state index in [-0.39, 0.29) is 0 Å². The van der Waals surface area contributed by atoms with E-state index in [0.29, 0.717) is 19.8 Å². The third kappa shape index (κ3) is 5.73. The number of benzene rings is 1. The molecule has 0 aliphatic heterocycles. The first-order valence-electron chi connectivity index (χ1n) is 6.47. The zero-order valence-electron chi connectivity index (χ0n) is 11.1. The summed E-state index contributed by atoms with van der Waals surface area (Å²) in [5.74, 6) is 0. The highest BCUT2D eigenvalue weighted by atomic mass is 79.9. The minimum atomic E-state index is -0.484. The topological polar surface area (TPSA) is 41.5 Å². The van der Waals surface area contributed by atoms with E-state index >= 15 is 0 Å². The highest BCUT2D eigenvalue weighted by molar-refractivity contribution is 9.10. The highest BCUT2D eigenvalue weighted by Crippen LogP contribution is 2.19. The molecule has 0 aliphatic rings. The maximum absolute atomic E-state index is 9.82. The lowest BCUT2D eigenvalue weighted by molar-refractivity contribution is 0.0288. The Kier molecular flexibility index (Phi) is 6.69. The molecule has 0 fully saturated rings. The van der Waals surface area contributed by atoms with Gasteiger partial charge >= 0.3 is 0 Å². The number of rotatable bonds is 8. The van der Waals surface area contributed by atoms with Crippen LogP contribution in [0.5, 0.6) is 0 Å². The van der Waals surface area contributed by atoms with Gasteiger partial charge < -0.3 is 15.2 Å². The van der Waals surface area contributed by atoms with Crippen LogP contribution >= 0.6 is 27.3 Å². The number of nitrogens with one attached hydrogen (secondary N) is 1. The van der Waals surface area contributed by atoms with Crippen LogP contribution in [0.3, 0.4) is 0 Å². The van der Waals surface area contributed by atoms with Gasteiger partial charge in [0.25, 0.3) is 0 Å². The van der Waals surface area contributed by atoms with Gasteiger partial charge in [0.05, 0.1) is 19.3 Å². The summed E-state index contributed by atoms with van der Waals surface area (Å²) in [5, 5.41) is 15.1. The van der Waals surface area contributed by atoms with Gasteiger partial charge in [-0.3, -0.25) is 0 Å². The van der Waals surface area contributed by atoms with Crippen molar-refractivity contribution in [2.45, 2.75) is 19.3 Å². The molecule has 0 amide bonds. The maximum atomic E-state index is 9.82. The van der Waals surface area contributed by atoms with Gasteiger partial charge in [0, 0.05) is 27.8 Å².